The summed E-state index contributed by atoms with van der Waals surface area (Å²) in [5, 5.41) is 3.40. The fourth-order valence-corrected chi connectivity index (χ4v) is 1.23. The van der Waals surface area contributed by atoms with Gasteiger partial charge >= 0.3 is 0 Å². The first kappa shape index (κ1) is 9.87. The molecule has 1 heterocycles. The zero-order valence-electron chi connectivity index (χ0n) is 7.60. The molecule has 0 N–H and O–H groups in total. The van der Waals surface area contributed by atoms with Crippen molar-refractivity contribution < 1.29 is 9.47 Å². The molecule has 1 fully saturated rings. The number of nitrogens with zero attached hydrogens (tertiary/aromatic N) is 3. The molecule has 0 saturated carbocycles. The van der Waals surface area contributed by atoms with Gasteiger partial charge in [0, 0.05) is 4.91 Å². The molecule has 2 atom stereocenters. The molecular weight excluding hydrogens is 170 g/mol. The lowest BCUT2D eigenvalue weighted by Gasteiger charge is -2.15. The van der Waals surface area contributed by atoms with Crippen LogP contribution in [0.5, 0.6) is 0 Å². The number of terminal acetylenes is 1. The Bertz CT molecular complexity index is 276. The Morgan fingerprint density at radius 3 is 2.85 bits per heavy atom. The van der Waals surface area contributed by atoms with Crippen molar-refractivity contribution in [3.63, 3.8) is 0 Å². The van der Waals surface area contributed by atoms with E-state index in [-0.39, 0.29) is 12.6 Å². The van der Waals surface area contributed by atoms with Crippen LogP contribution in [0.25, 0.3) is 10.4 Å². The van der Waals surface area contributed by atoms with Crippen LogP contribution in [0.2, 0.25) is 0 Å². The largest absolute Gasteiger partial charge is 0.343 e. The predicted octanol–water partition coefficient (Wildman–Crippen LogP) is 1.45. The van der Waals surface area contributed by atoms with Crippen molar-refractivity contribution in [2.45, 2.75) is 31.8 Å². The van der Waals surface area contributed by atoms with E-state index in [2.05, 4.69) is 15.9 Å². The van der Waals surface area contributed by atoms with Crippen molar-refractivity contribution in [3.8, 4) is 12.3 Å². The molecule has 0 aromatic rings. The van der Waals surface area contributed by atoms with Crippen LogP contribution in [0.1, 0.15) is 13.8 Å². The van der Waals surface area contributed by atoms with Crippen LogP contribution >= 0.6 is 0 Å². The molecule has 1 rings (SSSR count). The van der Waals surface area contributed by atoms with Crippen molar-refractivity contribution in [2.75, 3.05) is 6.54 Å². The Morgan fingerprint density at radius 2 is 2.31 bits per heavy atom. The lowest BCUT2D eigenvalue weighted by atomic mass is 10.2. The molecule has 70 valence electrons. The van der Waals surface area contributed by atoms with Gasteiger partial charge in [-0.1, -0.05) is 11.0 Å². The second-order valence-electron chi connectivity index (χ2n) is 3.17. The van der Waals surface area contributed by atoms with Crippen molar-refractivity contribution in [2.24, 2.45) is 5.11 Å². The second-order valence-corrected chi connectivity index (χ2v) is 3.17. The second kappa shape index (κ2) is 3.67. The molecule has 0 bridgehead atoms. The van der Waals surface area contributed by atoms with Gasteiger partial charge in [0.2, 0.25) is 0 Å². The molecule has 5 nitrogen and oxygen atoms in total. The Kier molecular flexibility index (Phi) is 2.79. The molecule has 0 amide bonds. The number of hydrogen-bond donors (Lipinski definition) is 0. The summed E-state index contributed by atoms with van der Waals surface area (Å²) in [4.78, 5) is 2.64. The molecule has 1 aliphatic heterocycles. The lowest BCUT2D eigenvalue weighted by Crippen LogP contribution is -2.24. The summed E-state index contributed by atoms with van der Waals surface area (Å²) >= 11 is 0. The van der Waals surface area contributed by atoms with E-state index in [9.17, 15) is 0 Å². The number of rotatable bonds is 2. The molecule has 0 aromatic heterocycles. The summed E-state index contributed by atoms with van der Waals surface area (Å²) in [5.41, 5.74) is 8.13. The molecule has 0 spiro atoms. The van der Waals surface area contributed by atoms with Crippen molar-refractivity contribution in [3.05, 3.63) is 10.4 Å². The SMILES string of the molecule is C#C[C@@H]1OC(C)(C)O[C@H]1CN=[N+]=[N-]. The summed E-state index contributed by atoms with van der Waals surface area (Å²) in [6.45, 7) is 3.75. The van der Waals surface area contributed by atoms with Gasteiger partial charge in [-0.2, -0.15) is 0 Å². The van der Waals surface area contributed by atoms with E-state index in [1.54, 1.807) is 13.8 Å². The molecular formula is C8H11N3O2. The first-order valence-corrected chi connectivity index (χ1v) is 3.91. The van der Waals surface area contributed by atoms with E-state index in [0.29, 0.717) is 0 Å². The van der Waals surface area contributed by atoms with E-state index in [4.69, 9.17) is 21.4 Å². The third kappa shape index (κ3) is 2.36. The Morgan fingerprint density at radius 1 is 1.62 bits per heavy atom. The smallest absolute Gasteiger partial charge is 0.165 e. The van der Waals surface area contributed by atoms with Gasteiger partial charge in [0.15, 0.2) is 5.79 Å². The molecule has 1 aliphatic rings. The summed E-state index contributed by atoms with van der Waals surface area (Å²) in [7, 11) is 0. The van der Waals surface area contributed by atoms with E-state index in [1.165, 1.54) is 0 Å². The van der Waals surface area contributed by atoms with Crippen LogP contribution in [-0.4, -0.2) is 24.5 Å². The van der Waals surface area contributed by atoms with E-state index < -0.39 is 11.9 Å². The summed E-state index contributed by atoms with van der Waals surface area (Å²) in [5.74, 6) is 1.76. The number of azide groups is 1. The normalized spacial score (nSPS) is 30.5. The molecule has 13 heavy (non-hydrogen) atoms. The monoisotopic (exact) mass is 181 g/mol. The van der Waals surface area contributed by atoms with Crippen LogP contribution in [0.4, 0.5) is 0 Å². The quantitative estimate of drug-likeness (QED) is 0.280. The van der Waals surface area contributed by atoms with Crippen molar-refractivity contribution in [1.29, 1.82) is 0 Å². The van der Waals surface area contributed by atoms with Crippen molar-refractivity contribution >= 4 is 0 Å². The highest BCUT2D eigenvalue weighted by Gasteiger charge is 2.39. The molecule has 0 aromatic carbocycles. The predicted molar refractivity (Wildman–Crippen MR) is 46.7 cm³/mol. The van der Waals surface area contributed by atoms with Gasteiger partial charge in [-0.15, -0.1) is 6.42 Å². The average molecular weight is 181 g/mol. The topological polar surface area (TPSA) is 67.2 Å². The number of ether oxygens (including phenoxy) is 2. The van der Waals surface area contributed by atoms with Gasteiger partial charge in [-0.05, 0) is 19.4 Å². The van der Waals surface area contributed by atoms with Gasteiger partial charge in [-0.25, -0.2) is 0 Å². The highest BCUT2D eigenvalue weighted by atomic mass is 16.7. The fourth-order valence-electron chi connectivity index (χ4n) is 1.23. The summed E-state index contributed by atoms with van der Waals surface area (Å²) < 4.78 is 10.8. The first-order chi connectivity index (χ1) is 6.09. The van der Waals surface area contributed by atoms with Gasteiger partial charge in [0.1, 0.15) is 12.2 Å². The Hall–Kier alpha value is -1.21. The molecule has 5 heteroatoms. The van der Waals surface area contributed by atoms with Crippen molar-refractivity contribution in [1.82, 2.24) is 0 Å². The maximum atomic E-state index is 8.13. The summed E-state index contributed by atoms with van der Waals surface area (Å²) in [6.07, 6.45) is 4.46. The van der Waals surface area contributed by atoms with E-state index >= 15 is 0 Å². The minimum atomic E-state index is -0.688. The Balaban J connectivity index is 2.64. The van der Waals surface area contributed by atoms with Crippen LogP contribution in [0.15, 0.2) is 5.11 Å². The van der Waals surface area contributed by atoms with Gasteiger partial charge < -0.3 is 9.47 Å². The van der Waals surface area contributed by atoms with Gasteiger partial charge in [-0.3, -0.25) is 0 Å². The molecule has 0 unspecified atom stereocenters. The molecule has 0 radical (unpaired) electrons. The highest BCUT2D eigenvalue weighted by molar-refractivity contribution is 5.03. The number of hydrogen-bond acceptors (Lipinski definition) is 3. The zero-order chi connectivity index (χ0) is 9.90. The standard InChI is InChI=1S/C8H11N3O2/c1-4-6-7(5-10-11-9)13-8(2,3)12-6/h1,6-7H,5H2,2-3H3/t6-,7-/m0/s1. The molecule has 1 saturated heterocycles. The average Bonchev–Trinajstić information content (AvgIpc) is 2.37. The third-order valence-corrected chi connectivity index (χ3v) is 1.67. The third-order valence-electron chi connectivity index (χ3n) is 1.67. The fraction of sp³-hybridized carbons (Fsp3) is 0.750. The maximum absolute atomic E-state index is 8.13. The highest BCUT2D eigenvalue weighted by Crippen LogP contribution is 2.27. The van der Waals surface area contributed by atoms with Gasteiger partial charge in [0.25, 0.3) is 0 Å². The Labute approximate surface area is 76.6 Å². The lowest BCUT2D eigenvalue weighted by molar-refractivity contribution is -0.141. The zero-order valence-corrected chi connectivity index (χ0v) is 7.60. The minimum Gasteiger partial charge on any atom is -0.343 e. The van der Waals surface area contributed by atoms with Crippen LogP contribution in [0, 0.1) is 12.3 Å². The van der Waals surface area contributed by atoms with Crippen LogP contribution < -0.4 is 0 Å². The minimum absolute atomic E-state index is 0.203. The molecule has 0 aliphatic carbocycles. The first-order valence-electron chi connectivity index (χ1n) is 3.91. The van der Waals surface area contributed by atoms with E-state index in [0.717, 1.165) is 0 Å². The van der Waals surface area contributed by atoms with Crippen LogP contribution in [0.3, 0.4) is 0 Å². The van der Waals surface area contributed by atoms with E-state index in [1.807, 2.05) is 0 Å². The summed E-state index contributed by atoms with van der Waals surface area (Å²) in [6, 6.07) is 0. The van der Waals surface area contributed by atoms with Gasteiger partial charge in [0.05, 0.1) is 6.54 Å². The maximum Gasteiger partial charge on any atom is 0.165 e. The van der Waals surface area contributed by atoms with Crippen LogP contribution in [-0.2, 0) is 9.47 Å².